The van der Waals surface area contributed by atoms with Crippen LogP contribution < -0.4 is 5.32 Å². The molecule has 1 rings (SSSR count). The van der Waals surface area contributed by atoms with Crippen molar-refractivity contribution in [2.75, 3.05) is 25.6 Å². The first-order valence-corrected chi connectivity index (χ1v) is 5.97. The second-order valence-electron chi connectivity index (χ2n) is 3.65. The van der Waals surface area contributed by atoms with Crippen LogP contribution in [0.3, 0.4) is 0 Å². The molecule has 1 atom stereocenters. The van der Waals surface area contributed by atoms with Gasteiger partial charge in [0, 0.05) is 19.7 Å². The Hall–Kier alpha value is -0.810. The number of likely N-dealkylation sites (tertiary alicyclic amines) is 1. The molecule has 6 heteroatoms. The molecule has 5 nitrogen and oxygen atoms in total. The largest absolute Gasteiger partial charge is 0.377 e. The predicted octanol–water partition coefficient (Wildman–Crippen LogP) is 0.962. The van der Waals surface area contributed by atoms with Crippen molar-refractivity contribution in [1.29, 1.82) is 0 Å². The van der Waals surface area contributed by atoms with Crippen molar-refractivity contribution in [1.82, 2.24) is 10.2 Å². The van der Waals surface area contributed by atoms with E-state index in [0.717, 1.165) is 12.8 Å². The molecule has 0 aliphatic carbocycles. The van der Waals surface area contributed by atoms with Crippen LogP contribution in [0.5, 0.6) is 0 Å². The molecule has 1 aliphatic heterocycles. The van der Waals surface area contributed by atoms with Gasteiger partial charge in [0.25, 0.3) is 0 Å². The number of amides is 3. The predicted molar refractivity (Wildman–Crippen MR) is 60.5 cm³/mol. The van der Waals surface area contributed by atoms with Gasteiger partial charge in [-0.25, -0.2) is 4.79 Å². The fraction of sp³-hybridized carbons (Fsp3) is 0.800. The standard InChI is InChI=1S/C10H17ClN2O3/c1-2-16-8-4-3-5-13(7-8)10(15)12-9(14)6-11/h8H,2-7H2,1H3,(H,12,14,15). The number of urea groups is 1. The van der Waals surface area contributed by atoms with Gasteiger partial charge in [-0.15, -0.1) is 11.6 Å². The number of hydrogen-bond acceptors (Lipinski definition) is 3. The first-order valence-electron chi connectivity index (χ1n) is 5.43. The second kappa shape index (κ2) is 6.70. The van der Waals surface area contributed by atoms with Gasteiger partial charge in [-0.05, 0) is 19.8 Å². The molecule has 1 N–H and O–H groups in total. The average Bonchev–Trinajstić information content (AvgIpc) is 2.29. The van der Waals surface area contributed by atoms with Crippen LogP contribution in [0.4, 0.5) is 4.79 Å². The van der Waals surface area contributed by atoms with Gasteiger partial charge in [0.2, 0.25) is 5.91 Å². The Bertz CT molecular complexity index is 258. The quantitative estimate of drug-likeness (QED) is 0.757. The van der Waals surface area contributed by atoms with E-state index >= 15 is 0 Å². The Morgan fingerprint density at radius 3 is 2.94 bits per heavy atom. The molecule has 1 unspecified atom stereocenters. The van der Waals surface area contributed by atoms with Gasteiger partial charge in [0.1, 0.15) is 5.88 Å². The van der Waals surface area contributed by atoms with Crippen molar-refractivity contribution in [3.63, 3.8) is 0 Å². The lowest BCUT2D eigenvalue weighted by Gasteiger charge is -2.32. The summed E-state index contributed by atoms with van der Waals surface area (Å²) in [5.41, 5.74) is 0. The molecular weight excluding hydrogens is 232 g/mol. The first kappa shape index (κ1) is 13.3. The smallest absolute Gasteiger partial charge is 0.324 e. The average molecular weight is 249 g/mol. The van der Waals surface area contributed by atoms with Crippen molar-refractivity contribution in [2.24, 2.45) is 0 Å². The maximum Gasteiger partial charge on any atom is 0.324 e. The third kappa shape index (κ3) is 3.98. The summed E-state index contributed by atoms with van der Waals surface area (Å²) in [6.07, 6.45) is 1.93. The molecule has 0 spiro atoms. The van der Waals surface area contributed by atoms with E-state index in [1.54, 1.807) is 4.90 Å². The van der Waals surface area contributed by atoms with Crippen LogP contribution in [-0.4, -0.2) is 48.5 Å². The number of ether oxygens (including phenoxy) is 1. The van der Waals surface area contributed by atoms with E-state index in [1.165, 1.54) is 0 Å². The minimum absolute atomic E-state index is 0.0793. The van der Waals surface area contributed by atoms with Crippen LogP contribution in [0.1, 0.15) is 19.8 Å². The number of carbonyl (C=O) groups is 2. The Morgan fingerprint density at radius 1 is 1.56 bits per heavy atom. The summed E-state index contributed by atoms with van der Waals surface area (Å²) in [4.78, 5) is 24.1. The van der Waals surface area contributed by atoms with Gasteiger partial charge in [-0.2, -0.15) is 0 Å². The van der Waals surface area contributed by atoms with Crippen LogP contribution in [0, 0.1) is 0 Å². The summed E-state index contributed by atoms with van der Waals surface area (Å²) in [5, 5.41) is 2.22. The van der Waals surface area contributed by atoms with Crippen molar-refractivity contribution in [2.45, 2.75) is 25.9 Å². The zero-order valence-corrected chi connectivity index (χ0v) is 10.1. The molecule has 1 aliphatic rings. The van der Waals surface area contributed by atoms with Crippen molar-refractivity contribution < 1.29 is 14.3 Å². The van der Waals surface area contributed by atoms with Gasteiger partial charge in [0.15, 0.2) is 0 Å². The third-order valence-electron chi connectivity index (χ3n) is 2.44. The summed E-state index contributed by atoms with van der Waals surface area (Å²) in [7, 11) is 0. The third-order valence-corrected chi connectivity index (χ3v) is 2.68. The van der Waals surface area contributed by atoms with Gasteiger partial charge in [-0.3, -0.25) is 10.1 Å². The van der Waals surface area contributed by atoms with Gasteiger partial charge >= 0.3 is 6.03 Å². The number of rotatable bonds is 3. The lowest BCUT2D eigenvalue weighted by atomic mass is 10.1. The maximum atomic E-state index is 11.6. The number of nitrogens with zero attached hydrogens (tertiary/aromatic N) is 1. The molecule has 0 saturated carbocycles. The van der Waals surface area contributed by atoms with Crippen molar-refractivity contribution >= 4 is 23.5 Å². The van der Waals surface area contributed by atoms with Crippen LogP contribution in [-0.2, 0) is 9.53 Å². The molecule has 0 aromatic heterocycles. The number of piperidine rings is 1. The van der Waals surface area contributed by atoms with E-state index in [-0.39, 0.29) is 18.0 Å². The van der Waals surface area contributed by atoms with Crippen LogP contribution in [0.25, 0.3) is 0 Å². The molecule has 1 saturated heterocycles. The van der Waals surface area contributed by atoms with E-state index < -0.39 is 5.91 Å². The molecular formula is C10H17ClN2O3. The van der Waals surface area contributed by atoms with E-state index in [9.17, 15) is 9.59 Å². The second-order valence-corrected chi connectivity index (χ2v) is 3.92. The molecule has 1 fully saturated rings. The number of carbonyl (C=O) groups excluding carboxylic acids is 2. The normalized spacial score (nSPS) is 20.6. The molecule has 16 heavy (non-hydrogen) atoms. The number of imide groups is 1. The summed E-state index contributed by atoms with van der Waals surface area (Å²) in [6, 6.07) is -0.380. The monoisotopic (exact) mass is 248 g/mol. The molecule has 0 aromatic rings. The number of hydrogen-bond donors (Lipinski definition) is 1. The molecule has 92 valence electrons. The lowest BCUT2D eigenvalue weighted by Crippen LogP contribution is -2.49. The van der Waals surface area contributed by atoms with E-state index in [0.29, 0.717) is 19.7 Å². The summed E-state index contributed by atoms with van der Waals surface area (Å²) < 4.78 is 5.46. The Balaban J connectivity index is 2.40. The molecule has 0 aromatic carbocycles. The van der Waals surface area contributed by atoms with Gasteiger partial charge in [-0.1, -0.05) is 0 Å². The lowest BCUT2D eigenvalue weighted by molar-refractivity contribution is -0.117. The Kier molecular flexibility index (Phi) is 5.55. The highest BCUT2D eigenvalue weighted by Crippen LogP contribution is 2.13. The summed E-state index contributed by atoms with van der Waals surface area (Å²) in [5.74, 6) is -0.667. The first-order chi connectivity index (χ1) is 7.67. The van der Waals surface area contributed by atoms with Crippen molar-refractivity contribution in [3.8, 4) is 0 Å². The minimum Gasteiger partial charge on any atom is -0.377 e. The highest BCUT2D eigenvalue weighted by molar-refractivity contribution is 6.28. The van der Waals surface area contributed by atoms with Crippen LogP contribution in [0.2, 0.25) is 0 Å². The van der Waals surface area contributed by atoms with E-state index in [1.807, 2.05) is 6.92 Å². The van der Waals surface area contributed by atoms with Crippen molar-refractivity contribution in [3.05, 3.63) is 0 Å². The number of halogens is 1. The zero-order valence-electron chi connectivity index (χ0n) is 9.37. The number of nitrogens with one attached hydrogen (secondary N) is 1. The molecule has 0 bridgehead atoms. The maximum absolute atomic E-state index is 11.6. The van der Waals surface area contributed by atoms with Crippen LogP contribution in [0.15, 0.2) is 0 Å². The Morgan fingerprint density at radius 2 is 2.31 bits per heavy atom. The summed E-state index contributed by atoms with van der Waals surface area (Å²) >= 11 is 5.31. The molecule has 1 heterocycles. The van der Waals surface area contributed by atoms with Gasteiger partial charge in [0.05, 0.1) is 6.10 Å². The zero-order chi connectivity index (χ0) is 12.0. The fourth-order valence-electron chi connectivity index (χ4n) is 1.73. The minimum atomic E-state index is -0.467. The van der Waals surface area contributed by atoms with E-state index in [4.69, 9.17) is 16.3 Å². The topological polar surface area (TPSA) is 58.6 Å². The molecule has 3 amide bonds. The highest BCUT2D eigenvalue weighted by Gasteiger charge is 2.24. The SMILES string of the molecule is CCOC1CCCN(C(=O)NC(=O)CCl)C1. The molecule has 0 radical (unpaired) electrons. The van der Waals surface area contributed by atoms with Gasteiger partial charge < -0.3 is 9.64 Å². The van der Waals surface area contributed by atoms with E-state index in [2.05, 4.69) is 5.32 Å². The van der Waals surface area contributed by atoms with Crippen LogP contribution >= 0.6 is 11.6 Å². The highest BCUT2D eigenvalue weighted by atomic mass is 35.5. The Labute approximate surface area is 100 Å². The fourth-order valence-corrected chi connectivity index (χ4v) is 1.79. The summed E-state index contributed by atoms with van der Waals surface area (Å²) in [6.45, 7) is 3.76. The number of alkyl halides is 1.